The molecule has 0 amide bonds. The number of hydrogen-bond acceptors (Lipinski definition) is 3. The Morgan fingerprint density at radius 1 is 1.25 bits per heavy atom. The highest BCUT2D eigenvalue weighted by molar-refractivity contribution is 5.01. The lowest BCUT2D eigenvalue weighted by Gasteiger charge is -2.31. The lowest BCUT2D eigenvalue weighted by molar-refractivity contribution is 0.0647. The van der Waals surface area contributed by atoms with Crippen LogP contribution >= 0.6 is 0 Å². The molecule has 0 radical (unpaired) electrons. The first-order valence-corrected chi connectivity index (χ1v) is 8.32. The van der Waals surface area contributed by atoms with E-state index in [2.05, 4.69) is 24.2 Å². The average Bonchev–Trinajstić information content (AvgIpc) is 2.93. The molecule has 0 saturated heterocycles. The molecule has 4 heteroatoms. The predicted molar refractivity (Wildman–Crippen MR) is 80.2 cm³/mol. The topological polar surface area (TPSA) is 50.9 Å². The average molecular weight is 279 g/mol. The Morgan fingerprint density at radius 2 is 2.00 bits per heavy atom. The van der Waals surface area contributed by atoms with Gasteiger partial charge in [-0.1, -0.05) is 51.2 Å². The zero-order valence-electron chi connectivity index (χ0n) is 13.0. The van der Waals surface area contributed by atoms with E-state index in [-0.39, 0.29) is 6.10 Å². The van der Waals surface area contributed by atoms with Gasteiger partial charge in [0.25, 0.3) is 0 Å². The van der Waals surface area contributed by atoms with Crippen molar-refractivity contribution in [1.29, 1.82) is 0 Å². The van der Waals surface area contributed by atoms with Crippen LogP contribution in [0.5, 0.6) is 0 Å². The Kier molecular flexibility index (Phi) is 6.02. The van der Waals surface area contributed by atoms with Crippen molar-refractivity contribution in [3.8, 4) is 0 Å². The molecule has 1 aromatic heterocycles. The fourth-order valence-electron chi connectivity index (χ4n) is 3.41. The molecule has 0 bridgehead atoms. The van der Waals surface area contributed by atoms with Crippen LogP contribution in [0.2, 0.25) is 0 Å². The number of aryl methyl sites for hydroxylation is 1. The second-order valence-electron chi connectivity index (χ2n) is 6.25. The number of nitrogens with zero attached hydrogens (tertiary/aromatic N) is 3. The normalized spacial score (nSPS) is 24.8. The third-order valence-corrected chi connectivity index (χ3v) is 4.69. The van der Waals surface area contributed by atoms with Crippen molar-refractivity contribution in [2.75, 3.05) is 0 Å². The Labute approximate surface area is 122 Å². The van der Waals surface area contributed by atoms with E-state index in [9.17, 15) is 5.11 Å². The zero-order chi connectivity index (χ0) is 14.4. The quantitative estimate of drug-likeness (QED) is 0.827. The van der Waals surface area contributed by atoms with Gasteiger partial charge in [0.1, 0.15) is 6.10 Å². The van der Waals surface area contributed by atoms with Gasteiger partial charge in [0, 0.05) is 6.54 Å². The maximum Gasteiger partial charge on any atom is 0.100 e. The fourth-order valence-corrected chi connectivity index (χ4v) is 3.41. The van der Waals surface area contributed by atoms with E-state index in [1.165, 1.54) is 32.1 Å². The van der Waals surface area contributed by atoms with Crippen LogP contribution in [-0.4, -0.2) is 20.1 Å². The number of aliphatic hydroxyl groups is 1. The molecule has 1 fully saturated rings. The summed E-state index contributed by atoms with van der Waals surface area (Å²) in [6.45, 7) is 5.23. The number of hydrogen-bond donors (Lipinski definition) is 1. The van der Waals surface area contributed by atoms with Gasteiger partial charge in [-0.25, -0.2) is 4.68 Å². The van der Waals surface area contributed by atoms with E-state index >= 15 is 0 Å². The Balaban J connectivity index is 1.87. The highest BCUT2D eigenvalue weighted by Crippen LogP contribution is 2.38. The van der Waals surface area contributed by atoms with Crippen LogP contribution in [0.3, 0.4) is 0 Å². The minimum absolute atomic E-state index is 0.385. The monoisotopic (exact) mass is 279 g/mol. The summed E-state index contributed by atoms with van der Waals surface area (Å²) in [6, 6.07) is 0. The van der Waals surface area contributed by atoms with Gasteiger partial charge in [-0.15, -0.1) is 5.10 Å². The molecule has 1 aliphatic carbocycles. The number of unbranched alkanes of at least 4 members (excludes halogenated alkanes) is 1. The highest BCUT2D eigenvalue weighted by Gasteiger charge is 2.29. The summed E-state index contributed by atoms with van der Waals surface area (Å²) in [7, 11) is 0. The summed E-state index contributed by atoms with van der Waals surface area (Å²) in [4.78, 5) is 0. The molecule has 1 N–H and O–H groups in total. The molecule has 114 valence electrons. The first-order chi connectivity index (χ1) is 9.76. The molecule has 4 nitrogen and oxygen atoms in total. The molecular formula is C16H29N3O. The summed E-state index contributed by atoms with van der Waals surface area (Å²) >= 11 is 0. The van der Waals surface area contributed by atoms with Gasteiger partial charge >= 0.3 is 0 Å². The van der Waals surface area contributed by atoms with Crippen LogP contribution in [0.25, 0.3) is 0 Å². The second-order valence-corrected chi connectivity index (χ2v) is 6.25. The predicted octanol–water partition coefficient (Wildman–Crippen LogP) is 3.72. The molecule has 20 heavy (non-hydrogen) atoms. The molecular weight excluding hydrogens is 250 g/mol. The molecule has 1 aromatic rings. The third-order valence-electron chi connectivity index (χ3n) is 4.69. The SMILES string of the molecule is CCCCC1CCC(C(O)c2cnnn2CCC)CC1. The summed E-state index contributed by atoms with van der Waals surface area (Å²) in [5.41, 5.74) is 0.906. The van der Waals surface area contributed by atoms with Gasteiger partial charge < -0.3 is 5.11 Å². The van der Waals surface area contributed by atoms with Crippen molar-refractivity contribution in [3.63, 3.8) is 0 Å². The van der Waals surface area contributed by atoms with Crippen molar-refractivity contribution in [2.45, 2.75) is 77.9 Å². The minimum atomic E-state index is -0.385. The van der Waals surface area contributed by atoms with Crippen molar-refractivity contribution in [3.05, 3.63) is 11.9 Å². The highest BCUT2D eigenvalue weighted by atomic mass is 16.3. The molecule has 0 spiro atoms. The molecule has 2 rings (SSSR count). The van der Waals surface area contributed by atoms with E-state index in [1.54, 1.807) is 6.20 Å². The molecule has 1 unspecified atom stereocenters. The van der Waals surface area contributed by atoms with Gasteiger partial charge in [0.15, 0.2) is 0 Å². The van der Waals surface area contributed by atoms with Crippen molar-refractivity contribution in [1.82, 2.24) is 15.0 Å². The van der Waals surface area contributed by atoms with Gasteiger partial charge in [-0.2, -0.15) is 0 Å². The van der Waals surface area contributed by atoms with E-state index in [0.29, 0.717) is 5.92 Å². The molecule has 1 aliphatic rings. The maximum atomic E-state index is 10.6. The summed E-state index contributed by atoms with van der Waals surface area (Å²) < 4.78 is 1.87. The Bertz CT molecular complexity index is 383. The zero-order valence-corrected chi connectivity index (χ0v) is 13.0. The van der Waals surface area contributed by atoms with Crippen LogP contribution < -0.4 is 0 Å². The van der Waals surface area contributed by atoms with Crippen LogP contribution in [0.15, 0.2) is 6.20 Å². The van der Waals surface area contributed by atoms with Gasteiger partial charge in [-0.05, 0) is 31.1 Å². The molecule has 1 heterocycles. The lowest BCUT2D eigenvalue weighted by Crippen LogP contribution is -2.22. The van der Waals surface area contributed by atoms with Crippen LogP contribution in [-0.2, 0) is 6.54 Å². The smallest absolute Gasteiger partial charge is 0.100 e. The number of aliphatic hydroxyl groups excluding tert-OH is 1. The first kappa shape index (κ1) is 15.5. The van der Waals surface area contributed by atoms with Crippen LogP contribution in [0.1, 0.15) is 77.0 Å². The maximum absolute atomic E-state index is 10.6. The molecule has 0 aromatic carbocycles. The molecule has 1 atom stereocenters. The summed E-state index contributed by atoms with van der Waals surface area (Å²) in [5, 5.41) is 18.7. The van der Waals surface area contributed by atoms with Crippen molar-refractivity contribution in [2.24, 2.45) is 11.8 Å². The minimum Gasteiger partial charge on any atom is -0.386 e. The molecule has 0 aliphatic heterocycles. The van der Waals surface area contributed by atoms with Crippen LogP contribution in [0, 0.1) is 11.8 Å². The Hall–Kier alpha value is -0.900. The van der Waals surface area contributed by atoms with Crippen molar-refractivity contribution >= 4 is 0 Å². The summed E-state index contributed by atoms with van der Waals surface area (Å²) in [6.07, 6.45) is 11.2. The van der Waals surface area contributed by atoms with Gasteiger partial charge in [-0.3, -0.25) is 0 Å². The summed E-state index contributed by atoms with van der Waals surface area (Å²) in [5.74, 6) is 1.28. The van der Waals surface area contributed by atoms with E-state index in [1.807, 2.05) is 4.68 Å². The lowest BCUT2D eigenvalue weighted by atomic mass is 9.77. The Morgan fingerprint density at radius 3 is 2.65 bits per heavy atom. The molecule has 1 saturated carbocycles. The van der Waals surface area contributed by atoms with Crippen LogP contribution in [0.4, 0.5) is 0 Å². The van der Waals surface area contributed by atoms with E-state index in [4.69, 9.17) is 0 Å². The van der Waals surface area contributed by atoms with Gasteiger partial charge in [0.05, 0.1) is 11.9 Å². The van der Waals surface area contributed by atoms with E-state index in [0.717, 1.165) is 37.4 Å². The third kappa shape index (κ3) is 3.81. The van der Waals surface area contributed by atoms with E-state index < -0.39 is 0 Å². The number of rotatable bonds is 7. The standard InChI is InChI=1S/C16H29N3O/c1-3-5-6-13-7-9-14(10-8-13)16(20)15-12-17-18-19(15)11-4-2/h12-14,16,20H,3-11H2,1-2H3. The second kappa shape index (κ2) is 7.77. The largest absolute Gasteiger partial charge is 0.386 e. The van der Waals surface area contributed by atoms with Gasteiger partial charge in [0.2, 0.25) is 0 Å². The fraction of sp³-hybridized carbons (Fsp3) is 0.875. The van der Waals surface area contributed by atoms with Crippen molar-refractivity contribution < 1.29 is 5.11 Å². The number of aromatic nitrogens is 3. The first-order valence-electron chi connectivity index (χ1n) is 8.32.